The van der Waals surface area contributed by atoms with Crippen LogP contribution in [0.4, 0.5) is 0 Å². The fraction of sp³-hybridized carbons (Fsp3) is 0.100. The Balaban J connectivity index is 1.96. The first-order valence-corrected chi connectivity index (χ1v) is 5.40. The highest BCUT2D eigenvalue weighted by Crippen LogP contribution is 2.17. The van der Waals surface area contributed by atoms with Crippen LogP contribution in [0.2, 0.25) is 5.02 Å². The number of ether oxygens (including phenoxy) is 1. The molecule has 0 radical (unpaired) electrons. The van der Waals surface area contributed by atoms with E-state index in [0.717, 1.165) is 5.75 Å². The van der Waals surface area contributed by atoms with Crippen molar-refractivity contribution in [2.24, 2.45) is 0 Å². The summed E-state index contributed by atoms with van der Waals surface area (Å²) >= 11 is 8.91. The Labute approximate surface area is 100 Å². The summed E-state index contributed by atoms with van der Waals surface area (Å²) < 4.78 is 11.2. The monoisotopic (exact) mass is 287 g/mol. The summed E-state index contributed by atoms with van der Waals surface area (Å²) in [5, 5.41) is 0.682. The fourth-order valence-electron chi connectivity index (χ4n) is 1.03. The molecule has 1 heterocycles. The van der Waals surface area contributed by atoms with E-state index in [1.54, 1.807) is 30.5 Å². The van der Waals surface area contributed by atoms with Crippen LogP contribution >= 0.6 is 27.5 Å². The van der Waals surface area contributed by atoms with Crippen LogP contribution in [0.5, 0.6) is 5.75 Å². The van der Waals surface area contributed by atoms with E-state index in [2.05, 4.69) is 20.9 Å². The smallest absolute Gasteiger partial charge is 0.233 e. The summed E-state index contributed by atoms with van der Waals surface area (Å²) in [6, 6.07) is 7.12. The van der Waals surface area contributed by atoms with E-state index in [4.69, 9.17) is 20.8 Å². The molecule has 0 spiro atoms. The molecule has 0 aliphatic heterocycles. The summed E-state index contributed by atoms with van der Waals surface area (Å²) in [5.41, 5.74) is 0. The number of aromatic nitrogens is 1. The van der Waals surface area contributed by atoms with Gasteiger partial charge in [-0.15, -0.1) is 0 Å². The zero-order valence-corrected chi connectivity index (χ0v) is 9.96. The van der Waals surface area contributed by atoms with Crippen LogP contribution in [0.15, 0.2) is 39.5 Å². The topological polar surface area (TPSA) is 35.3 Å². The summed E-state index contributed by atoms with van der Waals surface area (Å²) in [7, 11) is 0. The molecule has 0 saturated heterocycles. The highest BCUT2D eigenvalue weighted by atomic mass is 79.9. The minimum absolute atomic E-state index is 0.299. The lowest BCUT2D eigenvalue weighted by Crippen LogP contribution is -1.94. The van der Waals surface area contributed by atoms with E-state index in [1.165, 1.54) is 0 Å². The molecule has 0 saturated carbocycles. The van der Waals surface area contributed by atoms with Crippen LogP contribution < -0.4 is 4.74 Å². The molecular formula is C10H7BrClNO2. The van der Waals surface area contributed by atoms with Crippen molar-refractivity contribution in [2.45, 2.75) is 6.61 Å². The SMILES string of the molecule is Clc1ccc(OCc2ncc(Br)o2)cc1. The number of oxazole rings is 1. The van der Waals surface area contributed by atoms with Crippen LogP contribution in [0.1, 0.15) is 5.89 Å². The second-order valence-electron chi connectivity index (χ2n) is 2.80. The van der Waals surface area contributed by atoms with E-state index in [-0.39, 0.29) is 0 Å². The minimum atomic E-state index is 0.299. The maximum absolute atomic E-state index is 5.74. The minimum Gasteiger partial charge on any atom is -0.484 e. The molecule has 0 amide bonds. The summed E-state index contributed by atoms with van der Waals surface area (Å²) in [5.74, 6) is 1.26. The molecule has 2 aromatic rings. The van der Waals surface area contributed by atoms with Gasteiger partial charge in [0.2, 0.25) is 5.89 Å². The van der Waals surface area contributed by atoms with Gasteiger partial charge in [0.1, 0.15) is 5.75 Å². The molecule has 78 valence electrons. The van der Waals surface area contributed by atoms with Crippen LogP contribution in [-0.2, 0) is 6.61 Å². The predicted molar refractivity (Wildman–Crippen MR) is 60.0 cm³/mol. The van der Waals surface area contributed by atoms with Gasteiger partial charge in [-0.1, -0.05) is 11.6 Å². The summed E-state index contributed by atoms with van der Waals surface area (Å²) in [6.07, 6.45) is 1.58. The normalized spacial score (nSPS) is 10.3. The molecule has 15 heavy (non-hydrogen) atoms. The molecule has 0 atom stereocenters. The third-order valence-electron chi connectivity index (χ3n) is 1.70. The Morgan fingerprint density at radius 2 is 2.07 bits per heavy atom. The fourth-order valence-corrected chi connectivity index (χ4v) is 1.45. The molecular weight excluding hydrogens is 281 g/mol. The zero-order chi connectivity index (χ0) is 10.7. The number of hydrogen-bond acceptors (Lipinski definition) is 3. The van der Waals surface area contributed by atoms with Gasteiger partial charge < -0.3 is 9.15 Å². The number of rotatable bonds is 3. The van der Waals surface area contributed by atoms with Gasteiger partial charge in [0.25, 0.3) is 0 Å². The first kappa shape index (κ1) is 10.5. The Bertz CT molecular complexity index is 441. The van der Waals surface area contributed by atoms with Crippen LogP contribution in [0.25, 0.3) is 0 Å². The van der Waals surface area contributed by atoms with Gasteiger partial charge in [0.05, 0.1) is 6.20 Å². The van der Waals surface area contributed by atoms with E-state index in [1.807, 2.05) is 0 Å². The van der Waals surface area contributed by atoms with Crippen LogP contribution in [-0.4, -0.2) is 4.98 Å². The van der Waals surface area contributed by atoms with Crippen molar-refractivity contribution in [1.82, 2.24) is 4.98 Å². The average molecular weight is 289 g/mol. The molecule has 0 aliphatic carbocycles. The Kier molecular flexibility index (Phi) is 3.28. The third-order valence-corrected chi connectivity index (χ3v) is 2.32. The molecule has 0 aliphatic rings. The average Bonchev–Trinajstić information content (AvgIpc) is 2.64. The van der Waals surface area contributed by atoms with Crippen molar-refractivity contribution in [3.05, 3.63) is 46.0 Å². The van der Waals surface area contributed by atoms with Crippen LogP contribution in [0.3, 0.4) is 0 Å². The first-order valence-electron chi connectivity index (χ1n) is 4.22. The van der Waals surface area contributed by atoms with Crippen molar-refractivity contribution in [3.8, 4) is 5.75 Å². The van der Waals surface area contributed by atoms with Crippen molar-refractivity contribution in [3.63, 3.8) is 0 Å². The van der Waals surface area contributed by atoms with Crippen molar-refractivity contribution in [2.75, 3.05) is 0 Å². The lowest BCUT2D eigenvalue weighted by Gasteiger charge is -2.02. The van der Waals surface area contributed by atoms with Crippen LogP contribution in [0, 0.1) is 0 Å². The Morgan fingerprint density at radius 3 is 2.67 bits per heavy atom. The molecule has 5 heteroatoms. The van der Waals surface area contributed by atoms with Gasteiger partial charge in [0.15, 0.2) is 11.3 Å². The van der Waals surface area contributed by atoms with Gasteiger partial charge in [-0.25, -0.2) is 4.98 Å². The lowest BCUT2D eigenvalue weighted by molar-refractivity contribution is 0.260. The molecule has 0 fully saturated rings. The summed E-state index contributed by atoms with van der Waals surface area (Å²) in [6.45, 7) is 0.299. The number of benzene rings is 1. The van der Waals surface area contributed by atoms with Gasteiger partial charge >= 0.3 is 0 Å². The third kappa shape index (κ3) is 2.97. The van der Waals surface area contributed by atoms with E-state index < -0.39 is 0 Å². The zero-order valence-electron chi connectivity index (χ0n) is 7.61. The molecule has 1 aromatic heterocycles. The highest BCUT2D eigenvalue weighted by Gasteiger charge is 2.02. The first-order chi connectivity index (χ1) is 7.24. The van der Waals surface area contributed by atoms with E-state index in [9.17, 15) is 0 Å². The molecule has 0 unspecified atom stereocenters. The van der Waals surface area contributed by atoms with E-state index in [0.29, 0.717) is 22.2 Å². The van der Waals surface area contributed by atoms with E-state index >= 15 is 0 Å². The standard InChI is InChI=1S/C10H7BrClNO2/c11-9-5-13-10(15-9)6-14-8-3-1-7(12)2-4-8/h1-5H,6H2. The van der Waals surface area contributed by atoms with Crippen molar-refractivity contribution in [1.29, 1.82) is 0 Å². The maximum Gasteiger partial charge on any atom is 0.233 e. The van der Waals surface area contributed by atoms with Gasteiger partial charge in [-0.05, 0) is 40.2 Å². The molecule has 0 N–H and O–H groups in total. The Hall–Kier alpha value is -1.00. The van der Waals surface area contributed by atoms with Crippen molar-refractivity contribution >= 4 is 27.5 Å². The lowest BCUT2D eigenvalue weighted by atomic mass is 10.3. The van der Waals surface area contributed by atoms with Gasteiger partial charge in [0, 0.05) is 5.02 Å². The Morgan fingerprint density at radius 1 is 1.33 bits per heavy atom. The number of nitrogens with zero attached hydrogens (tertiary/aromatic N) is 1. The van der Waals surface area contributed by atoms with Gasteiger partial charge in [-0.2, -0.15) is 0 Å². The quantitative estimate of drug-likeness (QED) is 0.864. The maximum atomic E-state index is 5.74. The second kappa shape index (κ2) is 4.68. The predicted octanol–water partition coefficient (Wildman–Crippen LogP) is 3.67. The number of hydrogen-bond donors (Lipinski definition) is 0. The largest absolute Gasteiger partial charge is 0.484 e. The molecule has 3 nitrogen and oxygen atoms in total. The van der Waals surface area contributed by atoms with Crippen molar-refractivity contribution < 1.29 is 9.15 Å². The summed E-state index contributed by atoms with van der Waals surface area (Å²) in [4.78, 5) is 3.98. The molecule has 2 rings (SSSR count). The van der Waals surface area contributed by atoms with Gasteiger partial charge in [-0.3, -0.25) is 0 Å². The molecule has 1 aromatic carbocycles. The highest BCUT2D eigenvalue weighted by molar-refractivity contribution is 9.10. The molecule has 0 bridgehead atoms. The number of halogens is 2. The second-order valence-corrected chi connectivity index (χ2v) is 4.02.